The quantitative estimate of drug-likeness (QED) is 0.892. The third kappa shape index (κ3) is 4.69. The van der Waals surface area contributed by atoms with Gasteiger partial charge in [-0.3, -0.25) is 4.79 Å². The Morgan fingerprint density at radius 2 is 2.12 bits per heavy atom. The van der Waals surface area contributed by atoms with Crippen molar-refractivity contribution in [1.82, 2.24) is 15.5 Å². The van der Waals surface area contributed by atoms with Crippen molar-refractivity contribution in [2.75, 3.05) is 24.5 Å². The lowest BCUT2D eigenvalue weighted by Gasteiger charge is -2.32. The van der Waals surface area contributed by atoms with Crippen molar-refractivity contribution in [3.8, 4) is 0 Å². The number of hydrogen-bond acceptors (Lipinski definition) is 4. The zero-order valence-electron chi connectivity index (χ0n) is 14.4. The number of nitrogens with one attached hydrogen (secondary N) is 1. The molecule has 0 unspecified atom stereocenters. The van der Waals surface area contributed by atoms with E-state index in [0.717, 1.165) is 31.6 Å². The van der Waals surface area contributed by atoms with E-state index in [2.05, 4.69) is 39.5 Å². The Bertz CT molecular complexity index is 720. The van der Waals surface area contributed by atoms with Crippen molar-refractivity contribution in [2.24, 2.45) is 5.92 Å². The zero-order chi connectivity index (χ0) is 17.6. The monoisotopic (exact) mass is 358 g/mol. The predicted molar refractivity (Wildman–Crippen MR) is 99.9 cm³/mol. The van der Waals surface area contributed by atoms with Crippen LogP contribution in [0.3, 0.4) is 0 Å². The fraction of sp³-hybridized carbons (Fsp3) is 0.421. The molecule has 0 bridgehead atoms. The first kappa shape index (κ1) is 17.7. The molecule has 1 aliphatic rings. The van der Waals surface area contributed by atoms with Crippen molar-refractivity contribution in [1.29, 1.82) is 0 Å². The highest BCUT2D eigenvalue weighted by Gasteiger charge is 2.26. The summed E-state index contributed by atoms with van der Waals surface area (Å²) in [6.07, 6.45) is 2.74. The number of rotatable bonds is 5. The molecule has 132 valence electrons. The van der Waals surface area contributed by atoms with Crippen LogP contribution in [0.25, 0.3) is 0 Å². The van der Waals surface area contributed by atoms with Crippen LogP contribution < -0.4 is 10.2 Å². The molecule has 1 fully saturated rings. The second kappa shape index (κ2) is 8.30. The lowest BCUT2D eigenvalue weighted by Crippen LogP contribution is -2.43. The van der Waals surface area contributed by atoms with Gasteiger partial charge in [-0.15, -0.1) is 10.2 Å². The highest BCUT2D eigenvalue weighted by molar-refractivity contribution is 6.29. The van der Waals surface area contributed by atoms with Crippen LogP contribution in [0.5, 0.6) is 0 Å². The fourth-order valence-corrected chi connectivity index (χ4v) is 3.33. The molecule has 0 radical (unpaired) electrons. The number of aromatic nitrogens is 2. The van der Waals surface area contributed by atoms with E-state index in [1.54, 1.807) is 6.07 Å². The second-order valence-corrected chi connectivity index (χ2v) is 6.85. The smallest absolute Gasteiger partial charge is 0.224 e. The topological polar surface area (TPSA) is 58.1 Å². The lowest BCUT2D eigenvalue weighted by atomic mass is 9.97. The van der Waals surface area contributed by atoms with Crippen molar-refractivity contribution >= 4 is 23.3 Å². The van der Waals surface area contributed by atoms with Gasteiger partial charge in [-0.2, -0.15) is 0 Å². The third-order valence-electron chi connectivity index (χ3n) is 4.69. The summed E-state index contributed by atoms with van der Waals surface area (Å²) < 4.78 is 0. The molecule has 1 aliphatic heterocycles. The molecule has 2 aromatic rings. The number of aryl methyl sites for hydroxylation is 1. The normalized spacial score (nSPS) is 17.4. The van der Waals surface area contributed by atoms with Gasteiger partial charge < -0.3 is 10.2 Å². The number of amides is 1. The fourth-order valence-electron chi connectivity index (χ4n) is 3.23. The molecule has 1 saturated heterocycles. The van der Waals surface area contributed by atoms with Gasteiger partial charge in [0.25, 0.3) is 0 Å². The summed E-state index contributed by atoms with van der Waals surface area (Å²) in [6.45, 7) is 4.33. The molecule has 0 saturated carbocycles. The Morgan fingerprint density at radius 1 is 1.28 bits per heavy atom. The van der Waals surface area contributed by atoms with Crippen molar-refractivity contribution in [3.05, 3.63) is 52.7 Å². The number of piperidine rings is 1. The minimum absolute atomic E-state index is 0.0110. The Kier molecular flexibility index (Phi) is 5.87. The first-order valence-electron chi connectivity index (χ1n) is 8.70. The number of carbonyl (C=O) groups excluding carboxylic acids is 1. The van der Waals surface area contributed by atoms with Crippen molar-refractivity contribution < 1.29 is 4.79 Å². The number of halogens is 1. The van der Waals surface area contributed by atoms with E-state index >= 15 is 0 Å². The van der Waals surface area contributed by atoms with E-state index < -0.39 is 0 Å². The largest absolute Gasteiger partial charge is 0.355 e. The average Bonchev–Trinajstić information content (AvgIpc) is 2.64. The van der Waals surface area contributed by atoms with Crippen LogP contribution in [0.1, 0.15) is 24.0 Å². The van der Waals surface area contributed by atoms with E-state index in [-0.39, 0.29) is 11.8 Å². The van der Waals surface area contributed by atoms with Crippen molar-refractivity contribution in [2.45, 2.75) is 26.2 Å². The molecular weight excluding hydrogens is 336 g/mol. The highest BCUT2D eigenvalue weighted by Crippen LogP contribution is 2.22. The SMILES string of the molecule is Cc1ccccc1CCNC(=O)[C@@H]1CCCN(c2ccc(Cl)nn2)C1. The van der Waals surface area contributed by atoms with Gasteiger partial charge in [0.15, 0.2) is 11.0 Å². The van der Waals surface area contributed by atoms with Crippen molar-refractivity contribution in [3.63, 3.8) is 0 Å². The number of carbonyl (C=O) groups is 1. The molecule has 1 amide bonds. The first-order chi connectivity index (χ1) is 12.1. The maximum atomic E-state index is 12.5. The van der Waals surface area contributed by atoms with Crippen LogP contribution in [-0.4, -0.2) is 35.7 Å². The standard InChI is InChI=1S/C19H23ClN4O/c1-14-5-2-3-6-15(14)10-11-21-19(25)16-7-4-12-24(13-16)18-9-8-17(20)22-23-18/h2-3,5-6,8-9,16H,4,7,10-13H2,1H3,(H,21,25)/t16-/m1/s1. The predicted octanol–water partition coefficient (Wildman–Crippen LogP) is 3.01. The number of benzene rings is 1. The third-order valence-corrected chi connectivity index (χ3v) is 4.89. The van der Waals surface area contributed by atoms with Gasteiger partial charge in [0.05, 0.1) is 5.92 Å². The van der Waals surface area contributed by atoms with Gasteiger partial charge in [-0.1, -0.05) is 35.9 Å². The minimum atomic E-state index is -0.0110. The molecule has 2 heterocycles. The maximum Gasteiger partial charge on any atom is 0.224 e. The average molecular weight is 359 g/mol. The lowest BCUT2D eigenvalue weighted by molar-refractivity contribution is -0.125. The Balaban J connectivity index is 1.51. The zero-order valence-corrected chi connectivity index (χ0v) is 15.2. The van der Waals surface area contributed by atoms with E-state index in [4.69, 9.17) is 11.6 Å². The van der Waals surface area contributed by atoms with E-state index in [1.165, 1.54) is 11.1 Å². The van der Waals surface area contributed by atoms with Gasteiger partial charge in [0.1, 0.15) is 0 Å². The summed E-state index contributed by atoms with van der Waals surface area (Å²) in [4.78, 5) is 14.6. The molecule has 0 spiro atoms. The molecule has 6 heteroatoms. The number of nitrogens with zero attached hydrogens (tertiary/aromatic N) is 3. The molecule has 3 rings (SSSR count). The summed E-state index contributed by atoms with van der Waals surface area (Å²) in [7, 11) is 0. The van der Waals surface area contributed by atoms with Crippen LogP contribution in [0, 0.1) is 12.8 Å². The van der Waals surface area contributed by atoms with Crippen LogP contribution in [0.4, 0.5) is 5.82 Å². The van der Waals surface area contributed by atoms with Gasteiger partial charge in [0.2, 0.25) is 5.91 Å². The summed E-state index contributed by atoms with van der Waals surface area (Å²) in [5, 5.41) is 11.5. The van der Waals surface area contributed by atoms with Gasteiger partial charge in [-0.05, 0) is 49.4 Å². The summed E-state index contributed by atoms with van der Waals surface area (Å²) in [5.74, 6) is 0.894. The highest BCUT2D eigenvalue weighted by atomic mass is 35.5. The van der Waals surface area contributed by atoms with Crippen LogP contribution in [0.15, 0.2) is 36.4 Å². The molecule has 5 nitrogen and oxygen atoms in total. The Labute approximate surface area is 153 Å². The van der Waals surface area contributed by atoms with E-state index in [1.807, 2.05) is 18.2 Å². The molecular formula is C19H23ClN4O. The molecule has 1 aromatic heterocycles. The van der Waals surface area contributed by atoms with E-state index in [0.29, 0.717) is 18.2 Å². The molecule has 0 aliphatic carbocycles. The number of hydrogen-bond donors (Lipinski definition) is 1. The summed E-state index contributed by atoms with van der Waals surface area (Å²) in [5.41, 5.74) is 2.55. The van der Waals surface area contributed by atoms with E-state index in [9.17, 15) is 4.79 Å². The Morgan fingerprint density at radius 3 is 2.88 bits per heavy atom. The second-order valence-electron chi connectivity index (χ2n) is 6.47. The van der Waals surface area contributed by atoms with Crippen LogP contribution >= 0.6 is 11.6 Å². The van der Waals surface area contributed by atoms with Crippen LogP contribution in [-0.2, 0) is 11.2 Å². The van der Waals surface area contributed by atoms with Gasteiger partial charge in [0, 0.05) is 19.6 Å². The first-order valence-corrected chi connectivity index (χ1v) is 9.07. The van der Waals surface area contributed by atoms with Gasteiger partial charge in [-0.25, -0.2) is 0 Å². The maximum absolute atomic E-state index is 12.5. The molecule has 25 heavy (non-hydrogen) atoms. The van der Waals surface area contributed by atoms with Gasteiger partial charge >= 0.3 is 0 Å². The molecule has 1 N–H and O–H groups in total. The number of anilines is 1. The minimum Gasteiger partial charge on any atom is -0.355 e. The summed E-state index contributed by atoms with van der Waals surface area (Å²) >= 11 is 5.79. The Hall–Kier alpha value is -2.14. The molecule has 1 atom stereocenters. The molecule has 1 aromatic carbocycles. The van der Waals surface area contributed by atoms with Crippen LogP contribution in [0.2, 0.25) is 5.15 Å². The summed E-state index contributed by atoms with van der Waals surface area (Å²) in [6, 6.07) is 11.9.